The van der Waals surface area contributed by atoms with Crippen molar-refractivity contribution in [2.75, 3.05) is 6.61 Å². The number of hydrogen-bond acceptors (Lipinski definition) is 3. The third kappa shape index (κ3) is 2.67. The van der Waals surface area contributed by atoms with E-state index in [1.165, 1.54) is 18.5 Å². The molecule has 1 rings (SSSR count). The number of halogens is 2. The Morgan fingerprint density at radius 1 is 1.62 bits per heavy atom. The molecule has 0 spiro atoms. The van der Waals surface area contributed by atoms with Crippen molar-refractivity contribution in [2.24, 2.45) is 0 Å². The molecule has 0 bridgehead atoms. The van der Waals surface area contributed by atoms with Gasteiger partial charge in [-0.25, -0.2) is 8.78 Å². The quantitative estimate of drug-likeness (QED) is 0.716. The van der Waals surface area contributed by atoms with Gasteiger partial charge in [0.1, 0.15) is 12.7 Å². The van der Waals surface area contributed by atoms with Gasteiger partial charge >= 0.3 is 0 Å². The smallest absolute Gasteiger partial charge is 0.272 e. The first-order valence-corrected chi connectivity index (χ1v) is 3.49. The van der Waals surface area contributed by atoms with Gasteiger partial charge in [-0.05, 0) is 6.07 Å². The van der Waals surface area contributed by atoms with Crippen molar-refractivity contribution in [1.29, 1.82) is 5.26 Å². The molecule has 0 aliphatic heterocycles. The first-order valence-electron chi connectivity index (χ1n) is 3.49. The summed E-state index contributed by atoms with van der Waals surface area (Å²) in [5.41, 5.74) is 0.204. The maximum Gasteiger partial charge on any atom is 0.272 e. The van der Waals surface area contributed by atoms with Gasteiger partial charge in [0.05, 0.1) is 11.8 Å². The number of hydrogen-bond donors (Lipinski definition) is 0. The molecule has 1 aromatic heterocycles. The van der Waals surface area contributed by atoms with Crippen molar-refractivity contribution >= 4 is 0 Å². The molecule has 0 unspecified atom stereocenters. The number of nitrogens with zero attached hydrogens (tertiary/aromatic N) is 2. The summed E-state index contributed by atoms with van der Waals surface area (Å²) >= 11 is 0. The Morgan fingerprint density at radius 2 is 2.38 bits per heavy atom. The minimum atomic E-state index is -2.55. The highest BCUT2D eigenvalue weighted by atomic mass is 19.3. The molecule has 1 aromatic rings. The number of nitriles is 1. The van der Waals surface area contributed by atoms with Crippen molar-refractivity contribution in [1.82, 2.24) is 4.98 Å². The van der Waals surface area contributed by atoms with Crippen LogP contribution in [0.4, 0.5) is 8.78 Å². The van der Waals surface area contributed by atoms with Gasteiger partial charge < -0.3 is 4.74 Å². The van der Waals surface area contributed by atoms with E-state index in [-0.39, 0.29) is 11.3 Å². The van der Waals surface area contributed by atoms with Gasteiger partial charge in [0, 0.05) is 6.20 Å². The van der Waals surface area contributed by atoms with Crippen molar-refractivity contribution in [2.45, 2.75) is 6.43 Å². The van der Waals surface area contributed by atoms with Crippen LogP contribution in [-0.4, -0.2) is 18.0 Å². The minimum absolute atomic E-state index is 0.0882. The molecule has 0 saturated heterocycles. The van der Waals surface area contributed by atoms with E-state index >= 15 is 0 Å². The summed E-state index contributed by atoms with van der Waals surface area (Å²) in [6.45, 7) is -0.722. The predicted octanol–water partition coefficient (Wildman–Crippen LogP) is 1.60. The second-order valence-electron chi connectivity index (χ2n) is 2.19. The third-order valence-corrected chi connectivity index (χ3v) is 1.27. The van der Waals surface area contributed by atoms with Gasteiger partial charge in [-0.1, -0.05) is 0 Å². The van der Waals surface area contributed by atoms with E-state index < -0.39 is 13.0 Å². The molecule has 1 heterocycles. The second kappa shape index (κ2) is 4.36. The molecular weight excluding hydrogens is 178 g/mol. The average molecular weight is 184 g/mol. The summed E-state index contributed by atoms with van der Waals surface area (Å²) in [6.07, 6.45) is 0.0843. The summed E-state index contributed by atoms with van der Waals surface area (Å²) in [5, 5.41) is 8.54. The summed E-state index contributed by atoms with van der Waals surface area (Å²) in [7, 11) is 0. The van der Waals surface area contributed by atoms with Crippen molar-refractivity contribution < 1.29 is 13.5 Å². The fourth-order valence-electron chi connectivity index (χ4n) is 0.740. The molecule has 0 saturated carbocycles. The van der Waals surface area contributed by atoms with E-state index in [1.807, 2.05) is 6.07 Å². The molecule has 0 atom stereocenters. The molecule has 0 N–H and O–H groups in total. The van der Waals surface area contributed by atoms with Crippen LogP contribution in [0, 0.1) is 11.3 Å². The number of pyridine rings is 1. The second-order valence-corrected chi connectivity index (χ2v) is 2.19. The minimum Gasteiger partial charge on any atom is -0.485 e. The zero-order valence-electron chi connectivity index (χ0n) is 6.58. The van der Waals surface area contributed by atoms with E-state index in [4.69, 9.17) is 5.26 Å². The standard InChI is InChI=1S/C8H6F2N2O/c9-8(10)5-13-7-4-12-2-1-6(7)3-11/h1-2,4,8H,5H2. The zero-order chi connectivity index (χ0) is 9.68. The Kier molecular flexibility index (Phi) is 3.15. The van der Waals surface area contributed by atoms with Gasteiger partial charge in [-0.2, -0.15) is 5.26 Å². The van der Waals surface area contributed by atoms with Crippen LogP contribution < -0.4 is 4.74 Å². The number of aromatic nitrogens is 1. The average Bonchev–Trinajstić information content (AvgIpc) is 2.15. The van der Waals surface area contributed by atoms with Gasteiger partial charge in [-0.3, -0.25) is 4.98 Å². The molecule has 0 aromatic carbocycles. The van der Waals surface area contributed by atoms with E-state index in [0.29, 0.717) is 0 Å². The predicted molar refractivity (Wildman–Crippen MR) is 40.5 cm³/mol. The van der Waals surface area contributed by atoms with Crippen molar-refractivity contribution in [3.63, 3.8) is 0 Å². The van der Waals surface area contributed by atoms with Crippen molar-refractivity contribution in [3.05, 3.63) is 24.0 Å². The first-order chi connectivity index (χ1) is 6.24. The van der Waals surface area contributed by atoms with Crippen molar-refractivity contribution in [3.8, 4) is 11.8 Å². The first kappa shape index (κ1) is 9.39. The van der Waals surface area contributed by atoms with Crippen LogP contribution in [0.25, 0.3) is 0 Å². The normalized spacial score (nSPS) is 9.69. The SMILES string of the molecule is N#Cc1ccncc1OCC(F)F. The van der Waals surface area contributed by atoms with E-state index in [0.717, 1.165) is 0 Å². The van der Waals surface area contributed by atoms with Crippen LogP contribution in [0.1, 0.15) is 5.56 Å². The Balaban J connectivity index is 2.71. The monoisotopic (exact) mass is 184 g/mol. The fourth-order valence-corrected chi connectivity index (χ4v) is 0.740. The lowest BCUT2D eigenvalue weighted by molar-refractivity contribution is 0.0816. The fraction of sp³-hybridized carbons (Fsp3) is 0.250. The lowest BCUT2D eigenvalue weighted by Gasteiger charge is -2.05. The number of alkyl halides is 2. The summed E-state index contributed by atoms with van der Waals surface area (Å²) in [5.74, 6) is 0.0882. The molecule has 5 heteroatoms. The van der Waals surface area contributed by atoms with E-state index in [2.05, 4.69) is 9.72 Å². The molecule has 0 aliphatic rings. The van der Waals surface area contributed by atoms with Gasteiger partial charge in [-0.15, -0.1) is 0 Å². The molecule has 0 aliphatic carbocycles. The lowest BCUT2D eigenvalue weighted by Crippen LogP contribution is -2.07. The zero-order valence-corrected chi connectivity index (χ0v) is 6.58. The summed E-state index contributed by atoms with van der Waals surface area (Å²) in [4.78, 5) is 3.65. The molecule has 0 fully saturated rings. The van der Waals surface area contributed by atoms with Crippen LogP contribution in [0.2, 0.25) is 0 Å². The van der Waals surface area contributed by atoms with Crippen LogP contribution in [0.5, 0.6) is 5.75 Å². The van der Waals surface area contributed by atoms with Gasteiger partial charge in [0.2, 0.25) is 0 Å². The highest BCUT2D eigenvalue weighted by Gasteiger charge is 2.06. The van der Waals surface area contributed by atoms with Crippen LogP contribution in [-0.2, 0) is 0 Å². The van der Waals surface area contributed by atoms with Crippen LogP contribution in [0.15, 0.2) is 18.5 Å². The summed E-state index contributed by atoms with van der Waals surface area (Å²) < 4.78 is 28.1. The van der Waals surface area contributed by atoms with Crippen LogP contribution in [0.3, 0.4) is 0 Å². The topological polar surface area (TPSA) is 45.9 Å². The van der Waals surface area contributed by atoms with Gasteiger partial charge in [0.15, 0.2) is 5.75 Å². The molecular formula is C8H6F2N2O. The Bertz CT molecular complexity index is 322. The number of ether oxygens (including phenoxy) is 1. The summed E-state index contributed by atoms with van der Waals surface area (Å²) in [6, 6.07) is 3.21. The lowest BCUT2D eigenvalue weighted by atomic mass is 10.3. The Labute approximate surface area is 73.6 Å². The molecule has 68 valence electrons. The largest absolute Gasteiger partial charge is 0.485 e. The highest BCUT2D eigenvalue weighted by Crippen LogP contribution is 2.15. The maximum absolute atomic E-state index is 11.7. The Morgan fingerprint density at radius 3 is 3.00 bits per heavy atom. The third-order valence-electron chi connectivity index (χ3n) is 1.27. The van der Waals surface area contributed by atoms with Gasteiger partial charge in [0.25, 0.3) is 6.43 Å². The molecule has 3 nitrogen and oxygen atoms in total. The highest BCUT2D eigenvalue weighted by molar-refractivity contribution is 5.40. The molecule has 0 amide bonds. The van der Waals surface area contributed by atoms with E-state index in [1.54, 1.807) is 0 Å². The Hall–Kier alpha value is -1.70. The maximum atomic E-state index is 11.7. The van der Waals surface area contributed by atoms with E-state index in [9.17, 15) is 8.78 Å². The number of rotatable bonds is 3. The molecule has 0 radical (unpaired) electrons. The molecule has 13 heavy (non-hydrogen) atoms. The van der Waals surface area contributed by atoms with Crippen LogP contribution >= 0.6 is 0 Å².